The lowest BCUT2D eigenvalue weighted by atomic mass is 9.37. The summed E-state index contributed by atoms with van der Waals surface area (Å²) in [6, 6.07) is 97.0. The Morgan fingerprint density at radius 3 is 1.25 bits per heavy atom. The number of nitrogens with one attached hydrogen (secondary N) is 1. The van der Waals surface area contributed by atoms with Crippen LogP contribution in [0.25, 0.3) is 11.1 Å². The molecule has 3 aliphatic rings. The summed E-state index contributed by atoms with van der Waals surface area (Å²) < 4.78 is 14.6. The van der Waals surface area contributed by atoms with Gasteiger partial charge in [0.05, 0.1) is 11.1 Å². The van der Waals surface area contributed by atoms with Crippen LogP contribution in [0.2, 0.25) is 0 Å². The first kappa shape index (κ1) is 40.7. The highest BCUT2D eigenvalue weighted by Gasteiger charge is 2.56. The first-order chi connectivity index (χ1) is 34.3. The van der Waals surface area contributed by atoms with Crippen LogP contribution in [0.4, 0.5) is 28.4 Å². The Morgan fingerprint density at radius 2 is 0.725 bits per heavy atom. The minimum Gasteiger partial charge on any atom is -0.457 e. The Balaban J connectivity index is 1.07. The van der Waals surface area contributed by atoms with E-state index in [9.17, 15) is 0 Å². The number of benzene rings is 10. The highest BCUT2D eigenvalue weighted by Crippen LogP contribution is 2.61. The van der Waals surface area contributed by atoms with Crippen molar-refractivity contribution in [1.82, 2.24) is 0 Å². The van der Waals surface area contributed by atoms with Crippen LogP contribution in [0, 0.1) is 0 Å². The predicted molar refractivity (Wildman–Crippen MR) is 289 cm³/mol. The molecule has 3 heterocycles. The third-order valence-electron chi connectivity index (χ3n) is 14.3. The van der Waals surface area contributed by atoms with Crippen LogP contribution in [0.5, 0.6) is 11.5 Å². The van der Waals surface area contributed by atoms with Gasteiger partial charge in [-0.15, -0.1) is 0 Å². The lowest BCUT2D eigenvalue weighted by Crippen LogP contribution is -2.86. The largest absolute Gasteiger partial charge is 0.457 e. The molecular weight excluding hydrogens is 837 g/mol. The number of hydrogen-bond acceptors (Lipinski definition) is 5. The van der Waals surface area contributed by atoms with Crippen LogP contribution >= 0.6 is 0 Å². The van der Waals surface area contributed by atoms with Gasteiger partial charge in [0.2, 0.25) is 0 Å². The highest BCUT2D eigenvalue weighted by molar-refractivity contribution is 7.14. The summed E-state index contributed by atoms with van der Waals surface area (Å²) in [4.78, 5) is 0. The fraction of sp³-hybridized carbons (Fsp3) is 0.0164. The Kier molecular flexibility index (Phi) is 9.97. The van der Waals surface area contributed by atoms with Gasteiger partial charge in [-0.1, -0.05) is 212 Å². The van der Waals surface area contributed by atoms with Crippen LogP contribution < -0.4 is 40.6 Å². The maximum Gasteiger partial charge on any atom is 0.388 e. The molecule has 0 aromatic heterocycles. The maximum atomic E-state index is 6.71. The quantitative estimate of drug-likeness (QED) is 0.161. The van der Waals surface area contributed by atoms with Crippen LogP contribution in [-0.2, 0) is 5.41 Å². The number of ether oxygens (including phenoxy) is 1. The molecule has 10 aromatic carbocycles. The van der Waals surface area contributed by atoms with E-state index in [0.29, 0.717) is 0 Å². The van der Waals surface area contributed by atoms with Crippen molar-refractivity contribution in [3.05, 3.63) is 289 Å². The van der Waals surface area contributed by atoms with Crippen LogP contribution in [0.3, 0.4) is 0 Å². The Bertz CT molecular complexity index is 3300. The summed E-state index contributed by atoms with van der Waals surface area (Å²) in [5.41, 5.74) is 15.3. The fourth-order valence-electron chi connectivity index (χ4n) is 11.5. The van der Waals surface area contributed by atoms with Gasteiger partial charge in [0, 0.05) is 39.4 Å². The van der Waals surface area contributed by atoms with Gasteiger partial charge in [-0.3, -0.25) is 0 Å². The molecule has 324 valence electrons. The molecule has 69 heavy (non-hydrogen) atoms. The fourth-order valence-corrected chi connectivity index (χ4v) is 11.5. The molecule has 8 heteroatoms. The van der Waals surface area contributed by atoms with Crippen molar-refractivity contribution in [3.63, 3.8) is 0 Å². The second-order valence-corrected chi connectivity index (χ2v) is 18.0. The lowest BCUT2D eigenvalue weighted by molar-refractivity contribution is 0.434. The third-order valence-corrected chi connectivity index (χ3v) is 14.3. The van der Waals surface area contributed by atoms with Crippen LogP contribution in [-0.4, -0.2) is 20.9 Å². The number of anilines is 5. The van der Waals surface area contributed by atoms with Crippen molar-refractivity contribution in [2.45, 2.75) is 5.41 Å². The van der Waals surface area contributed by atoms with Crippen molar-refractivity contribution in [2.75, 3.05) is 19.5 Å². The summed E-state index contributed by atoms with van der Waals surface area (Å²) in [7, 11) is 0. The van der Waals surface area contributed by atoms with Gasteiger partial charge < -0.3 is 24.2 Å². The molecule has 10 aromatic rings. The molecule has 13 rings (SSSR count). The molecule has 0 saturated carbocycles. The van der Waals surface area contributed by atoms with Crippen LogP contribution in [0.15, 0.2) is 267 Å². The van der Waals surface area contributed by atoms with Crippen LogP contribution in [0.1, 0.15) is 22.3 Å². The van der Waals surface area contributed by atoms with Crippen molar-refractivity contribution < 1.29 is 4.74 Å². The summed E-state index contributed by atoms with van der Waals surface area (Å²) in [5, 5.41) is 4.02. The molecule has 3 aliphatic heterocycles. The minimum atomic E-state index is -0.640. The van der Waals surface area contributed by atoms with Gasteiger partial charge >= 0.3 is 20.9 Å². The zero-order valence-electron chi connectivity index (χ0n) is 37.9. The molecule has 5 nitrogen and oxygen atoms in total. The molecule has 1 saturated heterocycles. The standard InChI is InChI=1S/C61H45B3N4O/c1-6-25-46(26-7-1)62-66(49-31-12-4-13-32-49)63(47-27-8-2-9-28-47)68(64(48-29-10-3-11-30-48)67(62)50-33-14-5-15-34-50)51-35-22-24-45(44-51)52-36-23-40-56-60(52)65-57-41-19-16-37-53(57)61(56)54-38-17-20-42-58(54)69-59-43-21-18-39-55(59)61/h1-44,65H. The molecular formula is C61H45B3N4O. The van der Waals surface area contributed by atoms with Gasteiger partial charge in [-0.25, -0.2) is 0 Å². The van der Waals surface area contributed by atoms with E-state index in [4.69, 9.17) is 4.74 Å². The minimum absolute atomic E-state index is 0.210. The maximum absolute atomic E-state index is 6.71. The zero-order chi connectivity index (χ0) is 45.7. The topological polar surface area (TPSA) is 31.0 Å². The summed E-state index contributed by atoms with van der Waals surface area (Å²) in [6.07, 6.45) is 0. The van der Waals surface area contributed by atoms with Gasteiger partial charge in [-0.2, -0.15) is 0 Å². The molecule has 0 atom stereocenters. The molecule has 0 amide bonds. The smallest absolute Gasteiger partial charge is 0.388 e. The molecule has 1 spiro atoms. The SMILES string of the molecule is c1ccc(B2N(c3ccccc3)B(c3ccccc3)N(c3cccc(-c4cccc5c4Nc4ccccc4C54c5ccccc5Oc5ccccc54)c3)B(c3ccccc3)N2c2ccccc2)cc1. The summed E-state index contributed by atoms with van der Waals surface area (Å²) >= 11 is 0. The van der Waals surface area contributed by atoms with E-state index in [1.54, 1.807) is 0 Å². The molecule has 0 aliphatic carbocycles. The molecule has 1 N–H and O–H groups in total. The van der Waals surface area contributed by atoms with E-state index in [0.717, 1.165) is 62.2 Å². The average Bonchev–Trinajstić information content (AvgIpc) is 3.43. The number of rotatable bonds is 7. The number of hydrogen-bond donors (Lipinski definition) is 1. The van der Waals surface area contributed by atoms with Gasteiger partial charge in [0.1, 0.15) is 11.5 Å². The number of fused-ring (bicyclic) bond motifs is 8. The molecule has 0 radical (unpaired) electrons. The zero-order valence-corrected chi connectivity index (χ0v) is 37.9. The van der Waals surface area contributed by atoms with Gasteiger partial charge in [-0.05, 0) is 87.7 Å². The Morgan fingerprint density at radius 1 is 0.333 bits per heavy atom. The van der Waals surface area contributed by atoms with Crippen molar-refractivity contribution >= 4 is 65.8 Å². The molecule has 0 unspecified atom stereocenters. The summed E-state index contributed by atoms with van der Waals surface area (Å²) in [6.45, 7) is -0.725. The molecule has 1 fully saturated rings. The van der Waals surface area contributed by atoms with Gasteiger partial charge in [0.15, 0.2) is 0 Å². The first-order valence-electron chi connectivity index (χ1n) is 23.8. The summed E-state index contributed by atoms with van der Waals surface area (Å²) in [5.74, 6) is 1.74. The number of para-hydroxylation sites is 6. The van der Waals surface area contributed by atoms with Crippen molar-refractivity contribution in [2.24, 2.45) is 0 Å². The monoisotopic (exact) mass is 882 g/mol. The van der Waals surface area contributed by atoms with E-state index in [1.807, 2.05) is 0 Å². The van der Waals surface area contributed by atoms with E-state index in [-0.39, 0.29) is 20.9 Å². The lowest BCUT2D eigenvalue weighted by Gasteiger charge is -2.57. The first-order valence-corrected chi connectivity index (χ1v) is 23.8. The van der Waals surface area contributed by atoms with Crippen molar-refractivity contribution in [3.8, 4) is 22.6 Å². The third kappa shape index (κ3) is 6.58. The van der Waals surface area contributed by atoms with E-state index in [2.05, 4.69) is 286 Å². The highest BCUT2D eigenvalue weighted by atomic mass is 16.5. The normalized spacial score (nSPS) is 14.3. The van der Waals surface area contributed by atoms with E-state index < -0.39 is 5.41 Å². The second-order valence-electron chi connectivity index (χ2n) is 18.0. The predicted octanol–water partition coefficient (Wildman–Crippen LogP) is 11.9. The van der Waals surface area contributed by atoms with Gasteiger partial charge in [0.25, 0.3) is 0 Å². The Labute approximate surface area is 405 Å². The van der Waals surface area contributed by atoms with E-state index in [1.165, 1.54) is 27.5 Å². The molecule has 0 bridgehead atoms. The number of nitrogens with zero attached hydrogens (tertiary/aromatic N) is 3. The Hall–Kier alpha value is -8.61. The van der Waals surface area contributed by atoms with Crippen molar-refractivity contribution in [1.29, 1.82) is 0 Å². The second kappa shape index (κ2) is 16.9. The average molecular weight is 882 g/mol. The van der Waals surface area contributed by atoms with E-state index >= 15 is 0 Å².